The van der Waals surface area contributed by atoms with Crippen LogP contribution in [0.2, 0.25) is 0 Å². The lowest BCUT2D eigenvalue weighted by molar-refractivity contribution is -0.119. The van der Waals surface area contributed by atoms with Crippen LogP contribution in [0.4, 0.5) is 24.5 Å². The maximum Gasteiger partial charge on any atom is 0.405 e. The van der Waals surface area contributed by atoms with E-state index in [2.05, 4.69) is 10.3 Å². The molecule has 20 heavy (non-hydrogen) atoms. The van der Waals surface area contributed by atoms with Gasteiger partial charge in [-0.05, 0) is 12.1 Å². The van der Waals surface area contributed by atoms with Gasteiger partial charge in [-0.25, -0.2) is 0 Å². The van der Waals surface area contributed by atoms with Crippen LogP contribution in [0, 0.1) is 0 Å². The molecule has 0 fully saturated rings. The number of carbonyl (C=O) groups excluding carboxylic acids is 1. The first-order valence-electron chi connectivity index (χ1n) is 5.85. The van der Waals surface area contributed by atoms with E-state index >= 15 is 0 Å². The standard InChI is InChI=1S/C12H11F3N4O/c13-12(14,15)4-19-5-18-9-2-8-6(1-10(9)19)7(3-17-8)11(16)20/h1-3,17-18H,4-5H2,(H2,16,20). The zero-order valence-corrected chi connectivity index (χ0v) is 10.2. The summed E-state index contributed by atoms with van der Waals surface area (Å²) in [6.07, 6.45) is -2.83. The summed E-state index contributed by atoms with van der Waals surface area (Å²) in [5.74, 6) is -0.621. The van der Waals surface area contributed by atoms with E-state index < -0.39 is 18.6 Å². The minimum absolute atomic E-state index is 0.0767. The smallest absolute Gasteiger partial charge is 0.366 e. The molecule has 1 aliphatic heterocycles. The maximum absolute atomic E-state index is 12.5. The molecule has 5 nitrogen and oxygen atoms in total. The number of primary amides is 1. The van der Waals surface area contributed by atoms with E-state index in [1.807, 2.05) is 0 Å². The molecular formula is C12H11F3N4O. The first-order valence-corrected chi connectivity index (χ1v) is 5.85. The topological polar surface area (TPSA) is 74.2 Å². The molecule has 2 heterocycles. The van der Waals surface area contributed by atoms with Gasteiger partial charge >= 0.3 is 6.18 Å². The van der Waals surface area contributed by atoms with Gasteiger partial charge in [-0.15, -0.1) is 0 Å². The number of halogens is 3. The third-order valence-corrected chi connectivity index (χ3v) is 3.23. The minimum atomic E-state index is -4.29. The first kappa shape index (κ1) is 12.6. The van der Waals surface area contributed by atoms with Crippen molar-refractivity contribution in [2.24, 2.45) is 5.73 Å². The number of nitrogens with zero attached hydrogens (tertiary/aromatic N) is 1. The largest absolute Gasteiger partial charge is 0.405 e. The Morgan fingerprint density at radius 2 is 2.15 bits per heavy atom. The lowest BCUT2D eigenvalue weighted by Crippen LogP contribution is -2.33. The molecule has 1 amide bonds. The van der Waals surface area contributed by atoms with Crippen LogP contribution < -0.4 is 16.0 Å². The molecule has 0 saturated carbocycles. The zero-order chi connectivity index (χ0) is 14.5. The van der Waals surface area contributed by atoms with Gasteiger partial charge in [0.1, 0.15) is 6.54 Å². The minimum Gasteiger partial charge on any atom is -0.366 e. The van der Waals surface area contributed by atoms with Gasteiger partial charge in [0, 0.05) is 17.1 Å². The van der Waals surface area contributed by atoms with Gasteiger partial charge in [0.15, 0.2) is 0 Å². The van der Waals surface area contributed by atoms with Crippen molar-refractivity contribution in [3.05, 3.63) is 23.9 Å². The summed E-state index contributed by atoms with van der Waals surface area (Å²) in [6, 6.07) is 3.22. The van der Waals surface area contributed by atoms with Gasteiger partial charge in [-0.1, -0.05) is 0 Å². The summed E-state index contributed by atoms with van der Waals surface area (Å²) in [7, 11) is 0. The first-order chi connectivity index (χ1) is 9.35. The fourth-order valence-electron chi connectivity index (χ4n) is 2.39. The molecule has 3 rings (SSSR count). The summed E-state index contributed by atoms with van der Waals surface area (Å²) in [6.45, 7) is -0.970. The van der Waals surface area contributed by atoms with Gasteiger partial charge in [-0.2, -0.15) is 13.2 Å². The zero-order valence-electron chi connectivity index (χ0n) is 10.2. The van der Waals surface area contributed by atoms with Crippen LogP contribution in [0.15, 0.2) is 18.3 Å². The average Bonchev–Trinajstić information content (AvgIpc) is 2.89. The van der Waals surface area contributed by atoms with E-state index in [1.165, 1.54) is 11.1 Å². The second-order valence-corrected chi connectivity index (χ2v) is 4.63. The second-order valence-electron chi connectivity index (χ2n) is 4.63. The third kappa shape index (κ3) is 2.02. The average molecular weight is 284 g/mol. The third-order valence-electron chi connectivity index (χ3n) is 3.23. The van der Waals surface area contributed by atoms with Crippen molar-refractivity contribution < 1.29 is 18.0 Å². The molecule has 1 aromatic carbocycles. The quantitative estimate of drug-likeness (QED) is 0.790. The van der Waals surface area contributed by atoms with Crippen LogP contribution in [0.25, 0.3) is 10.9 Å². The molecule has 106 valence electrons. The van der Waals surface area contributed by atoms with Crippen LogP contribution >= 0.6 is 0 Å². The monoisotopic (exact) mass is 284 g/mol. The van der Waals surface area contributed by atoms with E-state index in [4.69, 9.17) is 5.73 Å². The van der Waals surface area contributed by atoms with Crippen molar-refractivity contribution in [2.75, 3.05) is 23.4 Å². The Bertz CT molecular complexity index is 692. The number of nitrogens with one attached hydrogen (secondary N) is 2. The number of nitrogens with two attached hydrogens (primary N) is 1. The number of benzene rings is 1. The number of aromatic amines is 1. The van der Waals surface area contributed by atoms with Crippen LogP contribution in [-0.2, 0) is 0 Å². The lowest BCUT2D eigenvalue weighted by atomic mass is 10.1. The van der Waals surface area contributed by atoms with Crippen molar-refractivity contribution in [1.29, 1.82) is 0 Å². The van der Waals surface area contributed by atoms with E-state index in [1.54, 1.807) is 12.1 Å². The summed E-state index contributed by atoms with van der Waals surface area (Å²) >= 11 is 0. The number of carbonyl (C=O) groups is 1. The van der Waals surface area contributed by atoms with Gasteiger partial charge in [0.05, 0.1) is 23.6 Å². The number of rotatable bonds is 2. The predicted molar refractivity (Wildman–Crippen MR) is 68.7 cm³/mol. The molecule has 0 radical (unpaired) electrons. The summed E-state index contributed by atoms with van der Waals surface area (Å²) in [4.78, 5) is 15.3. The molecule has 0 aliphatic carbocycles. The Hall–Kier alpha value is -2.38. The number of alkyl halides is 3. The molecule has 0 atom stereocenters. The van der Waals surface area contributed by atoms with Crippen molar-refractivity contribution in [1.82, 2.24) is 4.98 Å². The number of amides is 1. The highest BCUT2D eigenvalue weighted by Gasteiger charge is 2.34. The maximum atomic E-state index is 12.5. The van der Waals surface area contributed by atoms with Crippen molar-refractivity contribution in [2.45, 2.75) is 6.18 Å². The number of anilines is 2. The number of hydrogen-bond acceptors (Lipinski definition) is 3. The Labute approximate surface area is 111 Å². The van der Waals surface area contributed by atoms with Crippen LogP contribution in [0.3, 0.4) is 0 Å². The molecule has 1 aromatic heterocycles. The number of H-pyrrole nitrogens is 1. The molecule has 2 aromatic rings. The van der Waals surface area contributed by atoms with Gasteiger partial charge in [0.2, 0.25) is 0 Å². The summed E-state index contributed by atoms with van der Waals surface area (Å²) in [5.41, 5.74) is 7.17. The molecule has 0 saturated heterocycles. The van der Waals surface area contributed by atoms with Crippen molar-refractivity contribution in [3.8, 4) is 0 Å². The molecular weight excluding hydrogens is 273 g/mol. The normalized spacial score (nSPS) is 14.4. The molecule has 1 aliphatic rings. The Kier molecular flexibility index (Phi) is 2.56. The predicted octanol–water partition coefficient (Wildman–Crippen LogP) is 2.02. The highest BCUT2D eigenvalue weighted by molar-refractivity contribution is 6.08. The molecule has 0 unspecified atom stereocenters. The highest BCUT2D eigenvalue weighted by Crippen LogP contribution is 2.37. The van der Waals surface area contributed by atoms with Gasteiger partial charge < -0.3 is 20.9 Å². The van der Waals surface area contributed by atoms with Crippen molar-refractivity contribution in [3.63, 3.8) is 0 Å². The number of hydrogen-bond donors (Lipinski definition) is 3. The number of aromatic nitrogens is 1. The van der Waals surface area contributed by atoms with Crippen LogP contribution in [0.5, 0.6) is 0 Å². The van der Waals surface area contributed by atoms with Gasteiger partial charge in [0.25, 0.3) is 5.91 Å². The Balaban J connectivity index is 2.07. The van der Waals surface area contributed by atoms with Crippen molar-refractivity contribution >= 4 is 28.2 Å². The molecule has 0 bridgehead atoms. The number of fused-ring (bicyclic) bond motifs is 2. The summed E-state index contributed by atoms with van der Waals surface area (Å²) in [5, 5.41) is 3.41. The molecule has 0 spiro atoms. The van der Waals surface area contributed by atoms with Crippen LogP contribution in [0.1, 0.15) is 10.4 Å². The Morgan fingerprint density at radius 3 is 2.80 bits per heavy atom. The van der Waals surface area contributed by atoms with E-state index in [0.29, 0.717) is 22.3 Å². The lowest BCUT2D eigenvalue weighted by Gasteiger charge is -2.19. The molecule has 4 N–H and O–H groups in total. The highest BCUT2D eigenvalue weighted by atomic mass is 19.4. The fourth-order valence-corrected chi connectivity index (χ4v) is 2.39. The summed E-state index contributed by atoms with van der Waals surface area (Å²) < 4.78 is 37.5. The molecule has 8 heteroatoms. The van der Waals surface area contributed by atoms with E-state index in [9.17, 15) is 18.0 Å². The van der Waals surface area contributed by atoms with E-state index in [0.717, 1.165) is 0 Å². The van der Waals surface area contributed by atoms with E-state index in [-0.39, 0.29) is 12.2 Å². The SMILES string of the molecule is NC(=O)c1c[nH]c2cc3c(cc12)N(CC(F)(F)F)CN3. The van der Waals surface area contributed by atoms with Gasteiger partial charge in [-0.3, -0.25) is 4.79 Å². The second kappa shape index (κ2) is 4.06. The Morgan fingerprint density at radius 1 is 1.40 bits per heavy atom. The fraction of sp³-hybridized carbons (Fsp3) is 0.250. The van der Waals surface area contributed by atoms with Crippen LogP contribution in [-0.4, -0.2) is 30.3 Å².